The molecule has 0 radical (unpaired) electrons. The predicted octanol–water partition coefficient (Wildman–Crippen LogP) is 3.04. The minimum atomic E-state index is -0.465. The van der Waals surface area contributed by atoms with Gasteiger partial charge in [0.25, 0.3) is 5.91 Å². The van der Waals surface area contributed by atoms with Crippen molar-refractivity contribution in [2.45, 2.75) is 45.4 Å². The summed E-state index contributed by atoms with van der Waals surface area (Å²) in [5.41, 5.74) is 0.641. The van der Waals surface area contributed by atoms with Crippen molar-refractivity contribution in [3.63, 3.8) is 0 Å². The van der Waals surface area contributed by atoms with Gasteiger partial charge in [-0.05, 0) is 31.9 Å². The molecular formula is C17H23NO3. The van der Waals surface area contributed by atoms with E-state index in [9.17, 15) is 9.90 Å². The molecule has 0 spiro atoms. The van der Waals surface area contributed by atoms with Crippen LogP contribution in [0.2, 0.25) is 0 Å². The van der Waals surface area contributed by atoms with Gasteiger partial charge in [0.15, 0.2) is 5.76 Å². The molecule has 1 amide bonds. The molecule has 114 valence electrons. The number of carbonyl (C=O) groups excluding carboxylic acids is 1. The highest BCUT2D eigenvalue weighted by molar-refractivity contribution is 5.94. The van der Waals surface area contributed by atoms with Crippen LogP contribution in [0.15, 0.2) is 42.2 Å². The predicted molar refractivity (Wildman–Crippen MR) is 81.8 cm³/mol. The normalized spacial score (nSPS) is 19.0. The molecule has 1 aliphatic rings. The second kappa shape index (κ2) is 6.31. The fraction of sp³-hybridized carbons (Fsp3) is 0.471. The molecule has 1 aliphatic heterocycles. The molecule has 0 bridgehead atoms. The van der Waals surface area contributed by atoms with Gasteiger partial charge in [-0.1, -0.05) is 37.3 Å². The van der Waals surface area contributed by atoms with Crippen molar-refractivity contribution < 1.29 is 14.6 Å². The first kappa shape index (κ1) is 15.6. The topological polar surface area (TPSA) is 49.8 Å². The molecule has 1 atom stereocenters. The van der Waals surface area contributed by atoms with Crippen LogP contribution in [0.3, 0.4) is 0 Å². The zero-order valence-corrected chi connectivity index (χ0v) is 12.9. The highest BCUT2D eigenvalue weighted by Gasteiger charge is 2.41. The number of ether oxygens (including phenoxy) is 1. The van der Waals surface area contributed by atoms with Crippen LogP contribution in [0.25, 0.3) is 0 Å². The lowest BCUT2D eigenvalue weighted by molar-refractivity contribution is -0.137. The van der Waals surface area contributed by atoms with E-state index in [1.165, 1.54) is 0 Å². The molecule has 0 saturated carbocycles. The van der Waals surface area contributed by atoms with E-state index in [0.29, 0.717) is 13.2 Å². The summed E-state index contributed by atoms with van der Waals surface area (Å²) < 4.78 is 5.77. The minimum Gasteiger partial charge on any atom is -0.503 e. The highest BCUT2D eigenvalue weighted by Crippen LogP contribution is 2.28. The van der Waals surface area contributed by atoms with Gasteiger partial charge in [0, 0.05) is 0 Å². The van der Waals surface area contributed by atoms with E-state index in [1.54, 1.807) is 11.0 Å². The molecule has 4 nitrogen and oxygen atoms in total. The second-order valence-electron chi connectivity index (χ2n) is 5.99. The summed E-state index contributed by atoms with van der Waals surface area (Å²) in [6, 6.07) is 9.88. The Morgan fingerprint density at radius 1 is 1.29 bits per heavy atom. The first-order valence-electron chi connectivity index (χ1n) is 7.32. The number of nitrogens with zero attached hydrogens (tertiary/aromatic N) is 1. The van der Waals surface area contributed by atoms with Gasteiger partial charge >= 0.3 is 0 Å². The summed E-state index contributed by atoms with van der Waals surface area (Å²) in [7, 11) is 0. The molecule has 1 N–H and O–H groups in total. The van der Waals surface area contributed by atoms with Crippen LogP contribution >= 0.6 is 0 Å². The molecule has 1 heterocycles. The van der Waals surface area contributed by atoms with Gasteiger partial charge in [-0.3, -0.25) is 4.79 Å². The van der Waals surface area contributed by atoms with Gasteiger partial charge in [0.05, 0.1) is 24.8 Å². The Balaban J connectivity index is 1.97. The molecule has 1 aromatic carbocycles. The highest BCUT2D eigenvalue weighted by atomic mass is 16.5. The molecule has 2 rings (SSSR count). The van der Waals surface area contributed by atoms with E-state index >= 15 is 0 Å². The fourth-order valence-electron chi connectivity index (χ4n) is 2.69. The Morgan fingerprint density at radius 2 is 1.95 bits per heavy atom. The van der Waals surface area contributed by atoms with E-state index in [4.69, 9.17) is 4.74 Å². The molecule has 4 heteroatoms. The van der Waals surface area contributed by atoms with Crippen LogP contribution in [0.1, 0.15) is 32.8 Å². The molecule has 0 aliphatic carbocycles. The number of hydrogen-bond acceptors (Lipinski definition) is 3. The first-order chi connectivity index (χ1) is 9.95. The van der Waals surface area contributed by atoms with Crippen molar-refractivity contribution in [3.05, 3.63) is 47.7 Å². The fourth-order valence-corrected chi connectivity index (χ4v) is 2.69. The second-order valence-corrected chi connectivity index (χ2v) is 5.99. The summed E-state index contributed by atoms with van der Waals surface area (Å²) in [5, 5.41) is 9.67. The average Bonchev–Trinajstić information content (AvgIpc) is 2.76. The van der Waals surface area contributed by atoms with Crippen molar-refractivity contribution in [1.82, 2.24) is 4.90 Å². The van der Waals surface area contributed by atoms with Crippen LogP contribution < -0.4 is 0 Å². The Labute approximate surface area is 126 Å². The smallest absolute Gasteiger partial charge is 0.289 e. The quantitative estimate of drug-likeness (QED) is 0.875. The van der Waals surface area contributed by atoms with Crippen LogP contribution in [-0.2, 0) is 16.1 Å². The third-order valence-electron chi connectivity index (χ3n) is 3.76. The molecule has 0 fully saturated rings. The van der Waals surface area contributed by atoms with Gasteiger partial charge in [-0.15, -0.1) is 0 Å². The van der Waals surface area contributed by atoms with Crippen molar-refractivity contribution in [2.75, 3.05) is 6.61 Å². The number of aliphatic hydroxyl groups is 1. The molecule has 1 aromatic rings. The van der Waals surface area contributed by atoms with Crippen LogP contribution in [-0.4, -0.2) is 34.1 Å². The van der Waals surface area contributed by atoms with E-state index in [1.807, 2.05) is 51.1 Å². The Kier molecular flexibility index (Phi) is 4.68. The van der Waals surface area contributed by atoms with Gasteiger partial charge in [0.2, 0.25) is 0 Å². The summed E-state index contributed by atoms with van der Waals surface area (Å²) in [5.74, 6) is -0.465. The lowest BCUT2D eigenvalue weighted by Gasteiger charge is -2.39. The van der Waals surface area contributed by atoms with Crippen LogP contribution in [0.5, 0.6) is 0 Å². The summed E-state index contributed by atoms with van der Waals surface area (Å²) in [6.45, 7) is 6.87. The largest absolute Gasteiger partial charge is 0.503 e. The molecule has 21 heavy (non-hydrogen) atoms. The summed E-state index contributed by atoms with van der Waals surface area (Å²) >= 11 is 0. The Hall–Kier alpha value is -1.81. The van der Waals surface area contributed by atoms with Crippen LogP contribution in [0.4, 0.5) is 0 Å². The van der Waals surface area contributed by atoms with Gasteiger partial charge in [0.1, 0.15) is 0 Å². The Morgan fingerprint density at radius 3 is 2.57 bits per heavy atom. The van der Waals surface area contributed by atoms with E-state index in [0.717, 1.165) is 12.0 Å². The molecule has 0 saturated heterocycles. The summed E-state index contributed by atoms with van der Waals surface area (Å²) in [4.78, 5) is 13.8. The molecular weight excluding hydrogens is 266 g/mol. The average molecular weight is 289 g/mol. The summed E-state index contributed by atoms with van der Waals surface area (Å²) in [6.07, 6.45) is 2.40. The first-order valence-corrected chi connectivity index (χ1v) is 7.32. The van der Waals surface area contributed by atoms with Crippen molar-refractivity contribution in [1.29, 1.82) is 0 Å². The molecule has 0 aromatic heterocycles. The van der Waals surface area contributed by atoms with Crippen molar-refractivity contribution in [3.8, 4) is 0 Å². The number of rotatable bonds is 6. The minimum absolute atomic E-state index is 0.0622. The third-order valence-corrected chi connectivity index (χ3v) is 3.76. The maximum atomic E-state index is 12.1. The van der Waals surface area contributed by atoms with Gasteiger partial charge in [-0.25, -0.2) is 0 Å². The number of carbonyl (C=O) groups is 1. The van der Waals surface area contributed by atoms with Gasteiger partial charge in [-0.2, -0.15) is 0 Å². The Bertz CT molecular complexity index is 522. The number of benzene rings is 1. The lowest BCUT2D eigenvalue weighted by atomic mass is 10.0. The lowest BCUT2D eigenvalue weighted by Crippen LogP contribution is -2.52. The maximum absolute atomic E-state index is 12.1. The number of amides is 1. The number of aliphatic hydroxyl groups excluding tert-OH is 1. The monoisotopic (exact) mass is 289 g/mol. The van der Waals surface area contributed by atoms with E-state index < -0.39 is 5.54 Å². The van der Waals surface area contributed by atoms with E-state index in [-0.39, 0.29) is 17.7 Å². The SMILES string of the molecule is CCC1C=C(O)C(=O)N1C(C)(C)COCc1ccccc1. The maximum Gasteiger partial charge on any atom is 0.289 e. The standard InChI is InChI=1S/C17H23NO3/c1-4-14-10-15(19)16(20)18(14)17(2,3)12-21-11-13-8-6-5-7-9-13/h5-10,14,19H,4,11-12H2,1-3H3. The van der Waals surface area contributed by atoms with Crippen LogP contribution in [0, 0.1) is 0 Å². The zero-order valence-electron chi connectivity index (χ0n) is 12.9. The third kappa shape index (κ3) is 3.45. The van der Waals surface area contributed by atoms with Crippen molar-refractivity contribution >= 4 is 5.91 Å². The number of hydrogen-bond donors (Lipinski definition) is 1. The zero-order chi connectivity index (χ0) is 15.5. The van der Waals surface area contributed by atoms with Crippen molar-refractivity contribution in [2.24, 2.45) is 0 Å². The molecule has 1 unspecified atom stereocenters. The van der Waals surface area contributed by atoms with Gasteiger partial charge < -0.3 is 14.7 Å². The van der Waals surface area contributed by atoms with E-state index in [2.05, 4.69) is 0 Å².